The number of aryl methyl sites for hydroxylation is 1. The molecule has 0 N–H and O–H groups in total. The molecule has 0 saturated heterocycles. The number of fused-ring (bicyclic) bond motifs is 3. The molecule has 31 heavy (non-hydrogen) atoms. The Morgan fingerprint density at radius 2 is 1.71 bits per heavy atom. The third kappa shape index (κ3) is 3.88. The number of carbonyl (C=O) groups is 1. The summed E-state index contributed by atoms with van der Waals surface area (Å²) in [5.41, 5.74) is 2.00. The summed E-state index contributed by atoms with van der Waals surface area (Å²) in [7, 11) is -3.60. The summed E-state index contributed by atoms with van der Waals surface area (Å²) in [6, 6.07) is 10.6. The molecule has 7 nitrogen and oxygen atoms in total. The van der Waals surface area contributed by atoms with Crippen LogP contribution in [-0.2, 0) is 22.9 Å². The van der Waals surface area contributed by atoms with Gasteiger partial charge in [0.05, 0.1) is 10.5 Å². The molecule has 8 heteroatoms. The van der Waals surface area contributed by atoms with Crippen LogP contribution in [0.1, 0.15) is 41.8 Å². The fourth-order valence-electron chi connectivity index (χ4n) is 3.97. The van der Waals surface area contributed by atoms with E-state index in [2.05, 4.69) is 0 Å². The zero-order chi connectivity index (χ0) is 22.2. The first-order valence-electron chi connectivity index (χ1n) is 10.3. The van der Waals surface area contributed by atoms with Crippen molar-refractivity contribution in [3.05, 3.63) is 69.6 Å². The molecule has 4 rings (SSSR count). The van der Waals surface area contributed by atoms with E-state index in [1.165, 1.54) is 34.6 Å². The van der Waals surface area contributed by atoms with E-state index in [9.17, 15) is 18.0 Å². The Balaban J connectivity index is 1.56. The van der Waals surface area contributed by atoms with E-state index in [1.807, 2.05) is 0 Å². The van der Waals surface area contributed by atoms with Gasteiger partial charge in [-0.1, -0.05) is 13.8 Å². The third-order valence-electron chi connectivity index (χ3n) is 5.59. The van der Waals surface area contributed by atoms with Crippen LogP contribution in [0.4, 0.5) is 0 Å². The lowest BCUT2D eigenvalue weighted by Gasteiger charge is -2.18. The molecule has 0 fully saturated rings. The van der Waals surface area contributed by atoms with Crippen LogP contribution in [0, 0.1) is 0 Å². The Kier molecular flexibility index (Phi) is 5.68. The first kappa shape index (κ1) is 21.3. The number of esters is 1. The van der Waals surface area contributed by atoms with Gasteiger partial charge in [-0.05, 0) is 61.2 Å². The maximum atomic E-state index is 12.6. The van der Waals surface area contributed by atoms with Gasteiger partial charge >= 0.3 is 11.6 Å². The number of hydrogen-bond acceptors (Lipinski definition) is 6. The van der Waals surface area contributed by atoms with Crippen LogP contribution >= 0.6 is 0 Å². The van der Waals surface area contributed by atoms with E-state index in [0.29, 0.717) is 18.7 Å². The Morgan fingerprint density at radius 3 is 2.39 bits per heavy atom. The Hall–Kier alpha value is -2.97. The van der Waals surface area contributed by atoms with Crippen LogP contribution in [0.25, 0.3) is 11.0 Å². The smallest absolute Gasteiger partial charge is 0.343 e. The lowest BCUT2D eigenvalue weighted by molar-refractivity contribution is 0.0735. The van der Waals surface area contributed by atoms with Gasteiger partial charge < -0.3 is 9.15 Å². The van der Waals surface area contributed by atoms with Crippen LogP contribution in [0.15, 0.2) is 56.6 Å². The zero-order valence-corrected chi connectivity index (χ0v) is 18.2. The molecule has 162 valence electrons. The van der Waals surface area contributed by atoms with Crippen LogP contribution < -0.4 is 10.4 Å². The molecule has 0 bridgehead atoms. The summed E-state index contributed by atoms with van der Waals surface area (Å²) in [6.07, 6.45) is 2.49. The topological polar surface area (TPSA) is 93.9 Å². The van der Waals surface area contributed by atoms with E-state index in [4.69, 9.17) is 9.15 Å². The van der Waals surface area contributed by atoms with Crippen molar-refractivity contribution in [2.24, 2.45) is 0 Å². The number of hydrogen-bond donors (Lipinski definition) is 0. The molecule has 3 aromatic rings. The van der Waals surface area contributed by atoms with E-state index in [-0.39, 0.29) is 21.8 Å². The van der Waals surface area contributed by atoms with Crippen LogP contribution in [-0.4, -0.2) is 31.8 Å². The number of benzene rings is 2. The summed E-state index contributed by atoms with van der Waals surface area (Å²) in [5, 5.41) is 0.859. The van der Waals surface area contributed by atoms with Gasteiger partial charge in [-0.15, -0.1) is 0 Å². The summed E-state index contributed by atoms with van der Waals surface area (Å²) in [5.74, 6) is -0.381. The Bertz CT molecular complexity index is 1300. The van der Waals surface area contributed by atoms with Crippen molar-refractivity contribution >= 4 is 27.0 Å². The number of carbonyl (C=O) groups excluding carboxylic acids is 1. The van der Waals surface area contributed by atoms with Crippen LogP contribution in [0.5, 0.6) is 5.75 Å². The fourth-order valence-corrected chi connectivity index (χ4v) is 5.43. The molecule has 1 aliphatic rings. The third-order valence-corrected chi connectivity index (χ3v) is 7.65. The standard InChI is InChI=1S/C23H23NO6S/c1-3-24(4-2)31(27,28)17-11-8-15(9-12-17)22(25)29-16-10-13-19-18-6-5-7-20(18)23(26)30-21(19)14-16/h8-14H,3-7H2,1-2H3. The quantitative estimate of drug-likeness (QED) is 0.330. The highest BCUT2D eigenvalue weighted by molar-refractivity contribution is 7.89. The second kappa shape index (κ2) is 8.28. The summed E-state index contributed by atoms with van der Waals surface area (Å²) in [6.45, 7) is 4.27. The van der Waals surface area contributed by atoms with Gasteiger partial charge in [0.15, 0.2) is 0 Å². The number of sulfonamides is 1. The van der Waals surface area contributed by atoms with Crippen molar-refractivity contribution in [2.75, 3.05) is 13.1 Å². The highest BCUT2D eigenvalue weighted by Gasteiger charge is 2.23. The lowest BCUT2D eigenvalue weighted by Crippen LogP contribution is -2.30. The second-order valence-electron chi connectivity index (χ2n) is 7.36. The van der Waals surface area contributed by atoms with Gasteiger partial charge in [-0.3, -0.25) is 0 Å². The van der Waals surface area contributed by atoms with E-state index in [1.54, 1.807) is 26.0 Å². The van der Waals surface area contributed by atoms with Crippen molar-refractivity contribution < 1.29 is 22.4 Å². The number of ether oxygens (including phenoxy) is 1. The maximum Gasteiger partial charge on any atom is 0.343 e. The molecular weight excluding hydrogens is 418 g/mol. The molecule has 0 aliphatic heterocycles. The largest absolute Gasteiger partial charge is 0.423 e. The molecule has 0 amide bonds. The van der Waals surface area contributed by atoms with Gasteiger partial charge in [-0.25, -0.2) is 18.0 Å². The molecule has 1 aliphatic carbocycles. The maximum absolute atomic E-state index is 12.6. The molecule has 0 atom stereocenters. The summed E-state index contributed by atoms with van der Waals surface area (Å²) in [4.78, 5) is 24.8. The summed E-state index contributed by atoms with van der Waals surface area (Å²) < 4.78 is 37.3. The lowest BCUT2D eigenvalue weighted by atomic mass is 10.1. The van der Waals surface area contributed by atoms with Gasteiger partial charge in [0.25, 0.3) is 0 Å². The van der Waals surface area contributed by atoms with Crippen molar-refractivity contribution in [1.29, 1.82) is 0 Å². The van der Waals surface area contributed by atoms with Gasteiger partial charge in [0, 0.05) is 30.1 Å². The minimum Gasteiger partial charge on any atom is -0.423 e. The van der Waals surface area contributed by atoms with Crippen molar-refractivity contribution in [2.45, 2.75) is 38.0 Å². The van der Waals surface area contributed by atoms with E-state index >= 15 is 0 Å². The molecular formula is C23H23NO6S. The number of nitrogens with zero attached hydrogens (tertiary/aromatic N) is 1. The molecule has 0 saturated carbocycles. The number of rotatable bonds is 6. The van der Waals surface area contributed by atoms with Crippen molar-refractivity contribution in [3.8, 4) is 5.75 Å². The van der Waals surface area contributed by atoms with Crippen molar-refractivity contribution in [1.82, 2.24) is 4.31 Å². The Morgan fingerprint density at radius 1 is 1.03 bits per heavy atom. The minimum absolute atomic E-state index is 0.120. The molecule has 0 radical (unpaired) electrons. The van der Waals surface area contributed by atoms with Gasteiger partial charge in [0.1, 0.15) is 11.3 Å². The normalized spacial score (nSPS) is 13.5. The monoisotopic (exact) mass is 441 g/mol. The van der Waals surface area contributed by atoms with Crippen molar-refractivity contribution in [3.63, 3.8) is 0 Å². The molecule has 1 aromatic heterocycles. The molecule has 0 unspecified atom stereocenters. The molecule has 2 aromatic carbocycles. The van der Waals surface area contributed by atoms with Crippen LogP contribution in [0.2, 0.25) is 0 Å². The molecule has 1 heterocycles. The van der Waals surface area contributed by atoms with E-state index in [0.717, 1.165) is 35.8 Å². The average molecular weight is 442 g/mol. The average Bonchev–Trinajstić information content (AvgIpc) is 3.25. The predicted molar refractivity (Wildman–Crippen MR) is 116 cm³/mol. The Labute approximate surface area is 180 Å². The van der Waals surface area contributed by atoms with E-state index < -0.39 is 16.0 Å². The fraction of sp³-hybridized carbons (Fsp3) is 0.304. The SMILES string of the molecule is CCN(CC)S(=O)(=O)c1ccc(C(=O)Oc2ccc3c4c(c(=O)oc3c2)CCC4)cc1. The summed E-state index contributed by atoms with van der Waals surface area (Å²) >= 11 is 0. The first-order chi connectivity index (χ1) is 14.8. The first-order valence-corrected chi connectivity index (χ1v) is 11.7. The zero-order valence-electron chi connectivity index (χ0n) is 17.4. The van der Waals surface area contributed by atoms with Gasteiger partial charge in [0.2, 0.25) is 10.0 Å². The highest BCUT2D eigenvalue weighted by atomic mass is 32.2. The minimum atomic E-state index is -3.60. The van der Waals surface area contributed by atoms with Gasteiger partial charge in [-0.2, -0.15) is 4.31 Å². The van der Waals surface area contributed by atoms with Crippen LogP contribution in [0.3, 0.4) is 0 Å². The highest BCUT2D eigenvalue weighted by Crippen LogP contribution is 2.30. The molecule has 0 spiro atoms. The predicted octanol–water partition coefficient (Wildman–Crippen LogP) is 3.53. The second-order valence-corrected chi connectivity index (χ2v) is 9.30.